The molecule has 0 fully saturated rings. The quantitative estimate of drug-likeness (QED) is 0.0146. The van der Waals surface area contributed by atoms with Crippen LogP contribution in [0.1, 0.15) is 342 Å². The largest absolute Gasteiger partial charge is 0.472 e. The van der Waals surface area contributed by atoms with E-state index in [-0.39, 0.29) is 19.3 Å². The summed E-state index contributed by atoms with van der Waals surface area (Å²) in [7, 11) is -9.81. The first-order chi connectivity index (χ1) is 52.2. The lowest BCUT2D eigenvalue weighted by atomic mass is 10.0. The molecule has 0 aliphatic rings. The fourth-order valence-corrected chi connectivity index (χ4v) is 12.7. The molecule has 0 aliphatic carbocycles. The molecule has 614 valence electrons. The Morgan fingerprint density at radius 1 is 0.271 bits per heavy atom. The van der Waals surface area contributed by atoms with E-state index < -0.39 is 91.5 Å². The zero-order chi connectivity index (χ0) is 78.0. The van der Waals surface area contributed by atoms with Crippen molar-refractivity contribution >= 4 is 33.6 Å². The van der Waals surface area contributed by atoms with E-state index in [0.717, 1.165) is 161 Å². The van der Waals surface area contributed by atoms with Crippen molar-refractivity contribution in [3.8, 4) is 0 Å². The van der Waals surface area contributed by atoms with Gasteiger partial charge in [-0.2, -0.15) is 0 Å². The molecular weight excluding hydrogens is 1390 g/mol. The first kappa shape index (κ1) is 102. The minimum atomic E-state index is -4.94. The lowest BCUT2D eigenvalue weighted by molar-refractivity contribution is -0.161. The number of hydrogen-bond donors (Lipinski definition) is 4. The van der Waals surface area contributed by atoms with Gasteiger partial charge in [0, 0.05) is 19.3 Å². The normalized spacial score (nSPS) is 14.6. The maximum Gasteiger partial charge on any atom is 0.472 e. The molecule has 0 amide bonds. The fraction of sp³-hybridized carbons (Fsp3) is 0.697. The predicted molar refractivity (Wildman–Crippen MR) is 445 cm³/mol. The van der Waals surface area contributed by atoms with E-state index in [4.69, 9.17) is 32.3 Å². The van der Waals surface area contributed by atoms with E-state index in [9.17, 15) is 43.5 Å². The molecule has 18 heteroatoms. The molecule has 0 aromatic rings. The van der Waals surface area contributed by atoms with Gasteiger partial charge in [0.05, 0.1) is 26.4 Å². The van der Waals surface area contributed by atoms with Crippen LogP contribution in [0.2, 0.25) is 0 Å². The van der Waals surface area contributed by atoms with Crippen LogP contribution in [0.15, 0.2) is 146 Å². The molecule has 0 radical (unpaired) electrons. The van der Waals surface area contributed by atoms with Gasteiger partial charge in [0.25, 0.3) is 0 Å². The Labute approximate surface area is 651 Å². The highest BCUT2D eigenvalue weighted by Gasteiger charge is 2.29. The summed E-state index contributed by atoms with van der Waals surface area (Å²) in [5, 5.41) is 20.7. The third-order valence-electron chi connectivity index (χ3n) is 17.5. The Hall–Kier alpha value is -4.57. The van der Waals surface area contributed by atoms with Crippen molar-refractivity contribution in [3.63, 3.8) is 0 Å². The smallest absolute Gasteiger partial charge is 0.463 e. The number of aliphatic hydroxyl groups is 2. The standard InChI is InChI=1S/C89H152O16P2/c1-4-7-10-13-16-19-22-25-28-30-32-34-36-38-39-40-41-42-43-45-47-48-50-52-55-57-60-63-66-69-72-75-87(92)99-78-84(90)79-101-106(95,96)102-80-85(91)81-103-107(97,98)104-83-86(105-89(94)77-74-71-68-65-62-59-54-27-24-21-18-15-12-9-6-3)82-100-88(93)76-73-70-67-64-61-58-56-53-51-49-46-44-37-35-33-31-29-26-23-20-17-14-11-8-5-2/h8,11,16-21,25-29,32-35,38-39,44,46,51,53-54,84-86,90-91H,4-7,9-10,12-15,22-24,30-31,36-37,40-43,45,47-50,52,55-83H2,1-3H3,(H,95,96)(H,97,98)/b11-8-,19-16-,20-17-,21-18-,28-25-,29-26-,34-32-,35-33-,39-38-,46-44-,53-51-,54-27-. The highest BCUT2D eigenvalue weighted by atomic mass is 31.2. The number of phosphoric acid groups is 2. The number of esters is 3. The van der Waals surface area contributed by atoms with Crippen LogP contribution in [-0.4, -0.2) is 95.9 Å². The summed E-state index contributed by atoms with van der Waals surface area (Å²) in [5.74, 6) is -1.61. The van der Waals surface area contributed by atoms with Gasteiger partial charge in [0.1, 0.15) is 25.4 Å². The first-order valence-corrected chi connectivity index (χ1v) is 45.1. The molecule has 0 saturated carbocycles. The zero-order valence-electron chi connectivity index (χ0n) is 67.3. The number of allylic oxidation sites excluding steroid dienone is 24. The maximum atomic E-state index is 13.0. The van der Waals surface area contributed by atoms with Crippen LogP contribution < -0.4 is 0 Å². The topological polar surface area (TPSA) is 231 Å². The van der Waals surface area contributed by atoms with Crippen molar-refractivity contribution < 1.29 is 75.8 Å². The molecule has 4 N–H and O–H groups in total. The van der Waals surface area contributed by atoms with Gasteiger partial charge in [-0.05, 0) is 148 Å². The Balaban J connectivity index is 4.53. The van der Waals surface area contributed by atoms with Crippen LogP contribution in [0.3, 0.4) is 0 Å². The van der Waals surface area contributed by atoms with Crippen molar-refractivity contribution in [1.29, 1.82) is 0 Å². The number of hydrogen-bond acceptors (Lipinski definition) is 14. The van der Waals surface area contributed by atoms with Gasteiger partial charge in [-0.3, -0.25) is 32.5 Å². The average Bonchev–Trinajstić information content (AvgIpc) is 0.904. The lowest BCUT2D eigenvalue weighted by Gasteiger charge is -2.21. The van der Waals surface area contributed by atoms with E-state index in [2.05, 4.69) is 167 Å². The van der Waals surface area contributed by atoms with Crippen LogP contribution in [0.4, 0.5) is 0 Å². The minimum Gasteiger partial charge on any atom is -0.463 e. The number of unbranched alkanes of at least 4 members (excludes halogenated alkanes) is 32. The van der Waals surface area contributed by atoms with Gasteiger partial charge in [0.2, 0.25) is 0 Å². The van der Waals surface area contributed by atoms with E-state index in [1.165, 1.54) is 122 Å². The van der Waals surface area contributed by atoms with E-state index in [0.29, 0.717) is 19.3 Å². The number of rotatable bonds is 79. The average molecular weight is 1540 g/mol. The van der Waals surface area contributed by atoms with Gasteiger partial charge in [0.15, 0.2) is 6.10 Å². The predicted octanol–water partition coefficient (Wildman–Crippen LogP) is 25.2. The lowest BCUT2D eigenvalue weighted by Crippen LogP contribution is -2.30. The number of phosphoric ester groups is 2. The van der Waals surface area contributed by atoms with Crippen LogP contribution in [0.5, 0.6) is 0 Å². The molecule has 5 unspecified atom stereocenters. The van der Waals surface area contributed by atoms with Gasteiger partial charge in [-0.25, -0.2) is 9.13 Å². The molecule has 0 rings (SSSR count). The van der Waals surface area contributed by atoms with Crippen LogP contribution in [0, 0.1) is 0 Å². The second-order valence-electron chi connectivity index (χ2n) is 27.9. The molecule has 107 heavy (non-hydrogen) atoms. The minimum absolute atomic E-state index is 0.0815. The third kappa shape index (κ3) is 82.2. The fourth-order valence-electron chi connectivity index (χ4n) is 11.1. The van der Waals surface area contributed by atoms with Crippen LogP contribution in [0.25, 0.3) is 0 Å². The van der Waals surface area contributed by atoms with Gasteiger partial charge < -0.3 is 34.2 Å². The molecule has 0 heterocycles. The highest BCUT2D eigenvalue weighted by Crippen LogP contribution is 2.45. The molecular formula is C89H152O16P2. The second kappa shape index (κ2) is 80.9. The van der Waals surface area contributed by atoms with E-state index >= 15 is 0 Å². The highest BCUT2D eigenvalue weighted by molar-refractivity contribution is 7.47. The molecule has 0 aromatic heterocycles. The summed E-state index contributed by atoms with van der Waals surface area (Å²) in [6.45, 7) is 2.50. The maximum absolute atomic E-state index is 13.0. The molecule has 0 saturated heterocycles. The monoisotopic (exact) mass is 1540 g/mol. The number of carbonyl (C=O) groups is 3. The Morgan fingerprint density at radius 3 is 0.785 bits per heavy atom. The zero-order valence-corrected chi connectivity index (χ0v) is 69.1. The van der Waals surface area contributed by atoms with Gasteiger partial charge >= 0.3 is 33.6 Å². The molecule has 16 nitrogen and oxygen atoms in total. The number of aliphatic hydroxyl groups excluding tert-OH is 2. The van der Waals surface area contributed by atoms with Gasteiger partial charge in [-0.1, -0.05) is 321 Å². The summed E-state index contributed by atoms with van der Waals surface area (Å²) < 4.78 is 61.2. The number of carbonyl (C=O) groups excluding carboxylic acids is 3. The van der Waals surface area contributed by atoms with Crippen LogP contribution >= 0.6 is 15.6 Å². The summed E-state index contributed by atoms with van der Waals surface area (Å²) in [6.07, 6.45) is 100. The summed E-state index contributed by atoms with van der Waals surface area (Å²) >= 11 is 0. The van der Waals surface area contributed by atoms with E-state index in [1.54, 1.807) is 0 Å². The van der Waals surface area contributed by atoms with Crippen molar-refractivity contribution in [2.75, 3.05) is 39.6 Å². The summed E-state index contributed by atoms with van der Waals surface area (Å²) in [5.41, 5.74) is 0. The Morgan fingerprint density at radius 2 is 0.495 bits per heavy atom. The van der Waals surface area contributed by atoms with E-state index in [1.807, 2.05) is 0 Å². The molecule has 0 bridgehead atoms. The number of ether oxygens (including phenoxy) is 3. The Kier molecular flexibility index (Phi) is 77.5. The van der Waals surface area contributed by atoms with Crippen molar-refractivity contribution in [2.24, 2.45) is 0 Å². The summed E-state index contributed by atoms with van der Waals surface area (Å²) in [4.78, 5) is 58.7. The van der Waals surface area contributed by atoms with Crippen molar-refractivity contribution in [1.82, 2.24) is 0 Å². The van der Waals surface area contributed by atoms with Crippen LogP contribution in [-0.2, 0) is 55.8 Å². The summed E-state index contributed by atoms with van der Waals surface area (Å²) in [6, 6.07) is 0. The molecule has 5 atom stereocenters. The SMILES string of the molecule is CC/C=C\C/C=C\C/C=C\C/C=C\C/C=C\C/C=C\CCCCCCCCC(=O)OCC(COP(=O)(O)OCC(O)COP(=O)(O)OCC(O)COC(=O)CCCCCCCCCCCCCCCCC/C=C\C/C=C\C/C=C\C/C=C\CCCCC)OC(=O)CCCCCCC/C=C\C/C=C\CCCCC. The molecule has 0 spiro atoms. The molecule has 0 aliphatic heterocycles. The van der Waals surface area contributed by atoms with Crippen molar-refractivity contribution in [2.45, 2.75) is 360 Å². The van der Waals surface area contributed by atoms with Crippen molar-refractivity contribution in [3.05, 3.63) is 146 Å². The second-order valence-corrected chi connectivity index (χ2v) is 30.8. The van der Waals surface area contributed by atoms with Gasteiger partial charge in [-0.15, -0.1) is 0 Å². The Bertz CT molecular complexity index is 2530. The first-order valence-electron chi connectivity index (χ1n) is 42.1. The third-order valence-corrected chi connectivity index (χ3v) is 19.4. The molecule has 0 aromatic carbocycles.